The van der Waals surface area contributed by atoms with Gasteiger partial charge in [0.05, 0.1) is 35.0 Å². The van der Waals surface area contributed by atoms with E-state index in [2.05, 4.69) is 19.9 Å². The molecule has 0 bridgehead atoms. The van der Waals surface area contributed by atoms with E-state index in [1.54, 1.807) is 6.07 Å². The average Bonchev–Trinajstić information content (AvgIpc) is 3.20. The van der Waals surface area contributed by atoms with Crippen molar-refractivity contribution >= 4 is 28.5 Å². The lowest BCUT2D eigenvalue weighted by atomic mass is 10.1. The van der Waals surface area contributed by atoms with E-state index in [0.717, 1.165) is 30.4 Å². The molecule has 1 saturated heterocycles. The predicted octanol–water partition coefficient (Wildman–Crippen LogP) is 5.93. The Hall–Kier alpha value is -3.30. The van der Waals surface area contributed by atoms with E-state index in [-0.39, 0.29) is 17.4 Å². The number of benzene rings is 2. The Morgan fingerprint density at radius 3 is 2.45 bits per heavy atom. The summed E-state index contributed by atoms with van der Waals surface area (Å²) in [7, 11) is 0. The largest absolute Gasteiger partial charge is 0.425 e. The summed E-state index contributed by atoms with van der Waals surface area (Å²) in [6.45, 7) is 3.06. The first-order valence-electron chi connectivity index (χ1n) is 10.2. The number of alkyl halides is 3. The van der Waals surface area contributed by atoms with Gasteiger partial charge in [-0.1, -0.05) is 35.9 Å². The number of halogens is 4. The molecule has 4 aromatic rings. The van der Waals surface area contributed by atoms with Gasteiger partial charge < -0.3 is 19.4 Å². The normalized spacial score (nSPS) is 14.6. The molecule has 2 aromatic carbocycles. The van der Waals surface area contributed by atoms with Crippen molar-refractivity contribution in [1.29, 1.82) is 0 Å². The van der Waals surface area contributed by atoms with Gasteiger partial charge in [-0.15, -0.1) is 0 Å². The molecular weight excluding hydrogens is 457 g/mol. The van der Waals surface area contributed by atoms with E-state index in [4.69, 9.17) is 21.1 Å². The fourth-order valence-electron chi connectivity index (χ4n) is 3.69. The number of nitrogens with zero attached hydrogens (tertiary/aromatic N) is 3. The molecule has 0 radical (unpaired) electrons. The smallest absolute Gasteiger partial charge is 0.419 e. The fourth-order valence-corrected chi connectivity index (χ4v) is 3.95. The van der Waals surface area contributed by atoms with Crippen LogP contribution in [0.15, 0.2) is 54.6 Å². The Kier molecular flexibility index (Phi) is 5.59. The molecule has 1 aliphatic heterocycles. The lowest BCUT2D eigenvalue weighted by Crippen LogP contribution is -2.36. The third-order valence-electron chi connectivity index (χ3n) is 5.32. The van der Waals surface area contributed by atoms with Crippen molar-refractivity contribution in [3.8, 4) is 23.0 Å². The number of morpholine rings is 1. The molecule has 33 heavy (non-hydrogen) atoms. The number of hydrogen-bond donors (Lipinski definition) is 1. The molecule has 0 aliphatic carbocycles. The van der Waals surface area contributed by atoms with Crippen LogP contribution in [0.3, 0.4) is 0 Å². The zero-order chi connectivity index (χ0) is 23.0. The van der Waals surface area contributed by atoms with E-state index >= 15 is 0 Å². The number of pyridine rings is 1. The van der Waals surface area contributed by atoms with Crippen LogP contribution < -0.4 is 9.64 Å². The number of ether oxygens (including phenoxy) is 2. The molecule has 2 aromatic heterocycles. The monoisotopic (exact) mass is 474 g/mol. The van der Waals surface area contributed by atoms with E-state index in [9.17, 15) is 13.2 Å². The van der Waals surface area contributed by atoms with Gasteiger partial charge in [0, 0.05) is 24.3 Å². The van der Waals surface area contributed by atoms with Crippen molar-refractivity contribution in [1.82, 2.24) is 15.0 Å². The molecule has 0 saturated carbocycles. The quantitative estimate of drug-likeness (QED) is 0.397. The van der Waals surface area contributed by atoms with Gasteiger partial charge in [-0.05, 0) is 30.3 Å². The summed E-state index contributed by atoms with van der Waals surface area (Å²) in [5.41, 5.74) is 2.24. The van der Waals surface area contributed by atoms with Crippen LogP contribution in [0.25, 0.3) is 22.4 Å². The van der Waals surface area contributed by atoms with Crippen molar-refractivity contribution in [3.63, 3.8) is 0 Å². The van der Waals surface area contributed by atoms with Crippen LogP contribution in [-0.2, 0) is 10.9 Å². The lowest BCUT2D eigenvalue weighted by Gasteiger charge is -2.28. The first kappa shape index (κ1) is 21.5. The minimum Gasteiger partial charge on any atom is -0.425 e. The zero-order valence-electron chi connectivity index (χ0n) is 17.2. The predicted molar refractivity (Wildman–Crippen MR) is 119 cm³/mol. The van der Waals surface area contributed by atoms with E-state index in [0.29, 0.717) is 29.4 Å². The van der Waals surface area contributed by atoms with Crippen LogP contribution in [0.2, 0.25) is 5.02 Å². The standard InChI is InChI=1S/C23H18ClF3N4O2/c24-17-13-18-21(30-22(28-18)33-19-4-2-1-3-16(19)23(25,26)27)29-20(17)14-5-7-15(8-6-14)31-9-11-32-12-10-31/h1-8,13H,9-12H2,(H,28,29,30). The van der Waals surface area contributed by atoms with Gasteiger partial charge in [0.2, 0.25) is 0 Å². The maximum absolute atomic E-state index is 13.2. The van der Waals surface area contributed by atoms with Crippen molar-refractivity contribution < 1.29 is 22.6 Å². The summed E-state index contributed by atoms with van der Waals surface area (Å²) in [5, 5.41) is 0.382. The molecule has 6 nitrogen and oxygen atoms in total. The number of H-pyrrole nitrogens is 1. The summed E-state index contributed by atoms with van der Waals surface area (Å²) in [5.74, 6) is -0.353. The number of aromatic nitrogens is 3. The number of para-hydroxylation sites is 1. The van der Waals surface area contributed by atoms with Gasteiger partial charge in [-0.3, -0.25) is 0 Å². The van der Waals surface area contributed by atoms with Gasteiger partial charge in [0.15, 0.2) is 5.65 Å². The number of rotatable bonds is 4. The maximum Gasteiger partial charge on any atom is 0.419 e. The number of aromatic amines is 1. The SMILES string of the molecule is FC(F)(F)c1ccccc1Oc1nc2nc(-c3ccc(N4CCOCC4)cc3)c(Cl)cc2[nH]1. The van der Waals surface area contributed by atoms with Crippen LogP contribution in [0, 0.1) is 0 Å². The van der Waals surface area contributed by atoms with Gasteiger partial charge in [-0.2, -0.15) is 18.2 Å². The Balaban J connectivity index is 1.43. The van der Waals surface area contributed by atoms with E-state index < -0.39 is 11.7 Å². The molecule has 0 atom stereocenters. The van der Waals surface area contributed by atoms with Crippen LogP contribution in [0.4, 0.5) is 18.9 Å². The topological polar surface area (TPSA) is 63.3 Å². The molecule has 1 aliphatic rings. The van der Waals surface area contributed by atoms with Crippen molar-refractivity contribution in [2.45, 2.75) is 6.18 Å². The van der Waals surface area contributed by atoms with E-state index in [1.165, 1.54) is 18.2 Å². The van der Waals surface area contributed by atoms with Crippen molar-refractivity contribution in [2.24, 2.45) is 0 Å². The highest BCUT2D eigenvalue weighted by molar-refractivity contribution is 6.33. The number of fused-ring (bicyclic) bond motifs is 1. The number of anilines is 1. The number of imidazole rings is 1. The highest BCUT2D eigenvalue weighted by atomic mass is 35.5. The lowest BCUT2D eigenvalue weighted by molar-refractivity contribution is -0.138. The molecule has 0 unspecified atom stereocenters. The third-order valence-corrected chi connectivity index (χ3v) is 5.61. The van der Waals surface area contributed by atoms with Crippen LogP contribution >= 0.6 is 11.6 Å². The van der Waals surface area contributed by atoms with Crippen molar-refractivity contribution in [3.05, 3.63) is 65.2 Å². The highest BCUT2D eigenvalue weighted by Gasteiger charge is 2.34. The summed E-state index contributed by atoms with van der Waals surface area (Å²) >= 11 is 6.45. The minimum absolute atomic E-state index is 0.106. The highest BCUT2D eigenvalue weighted by Crippen LogP contribution is 2.38. The van der Waals surface area contributed by atoms with Crippen LogP contribution in [0.1, 0.15) is 5.56 Å². The number of nitrogens with one attached hydrogen (secondary N) is 1. The van der Waals surface area contributed by atoms with Gasteiger partial charge in [-0.25, -0.2) is 4.98 Å². The minimum atomic E-state index is -4.55. The summed E-state index contributed by atoms with van der Waals surface area (Å²) in [6.07, 6.45) is -4.55. The Labute approximate surface area is 191 Å². The maximum atomic E-state index is 13.2. The molecule has 1 N–H and O–H groups in total. The summed E-state index contributed by atoms with van der Waals surface area (Å²) in [6, 6.07) is 14.3. The molecule has 3 heterocycles. The van der Waals surface area contributed by atoms with E-state index in [1.807, 2.05) is 24.3 Å². The van der Waals surface area contributed by atoms with Gasteiger partial charge >= 0.3 is 12.2 Å². The second kappa shape index (κ2) is 8.57. The van der Waals surface area contributed by atoms with Gasteiger partial charge in [0.1, 0.15) is 5.75 Å². The first-order chi connectivity index (χ1) is 15.9. The summed E-state index contributed by atoms with van der Waals surface area (Å²) < 4.78 is 50.5. The Morgan fingerprint density at radius 2 is 1.73 bits per heavy atom. The average molecular weight is 475 g/mol. The number of hydrogen-bond acceptors (Lipinski definition) is 5. The van der Waals surface area contributed by atoms with Gasteiger partial charge in [0.25, 0.3) is 0 Å². The molecule has 170 valence electrons. The van der Waals surface area contributed by atoms with Crippen LogP contribution in [-0.4, -0.2) is 41.3 Å². The summed E-state index contributed by atoms with van der Waals surface area (Å²) in [4.78, 5) is 13.8. The molecule has 0 amide bonds. The van der Waals surface area contributed by atoms with Crippen molar-refractivity contribution in [2.75, 3.05) is 31.2 Å². The molecular formula is C23H18ClF3N4O2. The third kappa shape index (κ3) is 4.46. The first-order valence-corrected chi connectivity index (χ1v) is 10.6. The Bertz CT molecular complexity index is 1290. The molecule has 5 rings (SSSR count). The van der Waals surface area contributed by atoms with Crippen LogP contribution in [0.5, 0.6) is 11.8 Å². The molecule has 1 fully saturated rings. The molecule has 0 spiro atoms. The molecule has 10 heteroatoms. The Morgan fingerprint density at radius 1 is 1.00 bits per heavy atom. The second-order valence-corrected chi connectivity index (χ2v) is 7.88. The second-order valence-electron chi connectivity index (χ2n) is 7.47. The fraction of sp³-hybridized carbons (Fsp3) is 0.217. The zero-order valence-corrected chi connectivity index (χ0v) is 18.0.